The summed E-state index contributed by atoms with van der Waals surface area (Å²) in [6, 6.07) is 17.5. The van der Waals surface area contributed by atoms with E-state index in [2.05, 4.69) is 9.97 Å². The number of aromatic nitrogens is 4. The number of nitrogens with two attached hydrogens (primary N) is 1. The summed E-state index contributed by atoms with van der Waals surface area (Å²) in [5.41, 5.74) is 9.10. The lowest BCUT2D eigenvalue weighted by Crippen LogP contribution is -2.13. The number of aryl methyl sites for hydroxylation is 2. The Hall–Kier alpha value is -4.96. The van der Waals surface area contributed by atoms with Crippen LogP contribution in [0.25, 0.3) is 44.4 Å². The molecule has 2 N–H and O–H groups in total. The van der Waals surface area contributed by atoms with Crippen LogP contribution in [0.2, 0.25) is 0 Å². The number of benzene rings is 3. The number of anilines is 1. The molecule has 0 atom stereocenters. The largest absolute Gasteiger partial charge is 0.460 e. The molecule has 200 valence electrons. The van der Waals surface area contributed by atoms with E-state index in [0.717, 1.165) is 11.1 Å². The van der Waals surface area contributed by atoms with Crippen molar-refractivity contribution in [1.82, 2.24) is 19.7 Å². The average Bonchev–Trinajstić information content (AvgIpc) is 3.32. The van der Waals surface area contributed by atoms with Gasteiger partial charge in [0.15, 0.2) is 5.65 Å². The number of nitrogens with zero attached hydrogens (tertiary/aromatic N) is 4. The van der Waals surface area contributed by atoms with E-state index in [1.54, 1.807) is 17.9 Å². The van der Waals surface area contributed by atoms with Crippen LogP contribution < -0.4 is 11.2 Å². The molecule has 3 heterocycles. The minimum atomic E-state index is -0.707. The van der Waals surface area contributed by atoms with Crippen LogP contribution in [-0.2, 0) is 24.3 Å². The molecule has 0 spiro atoms. The number of hydrogen-bond acceptors (Lipinski definition) is 7. The van der Waals surface area contributed by atoms with Crippen molar-refractivity contribution in [2.45, 2.75) is 19.6 Å². The summed E-state index contributed by atoms with van der Waals surface area (Å²) in [6.07, 6.45) is 1.54. The Kier molecular flexibility index (Phi) is 6.53. The second-order valence-corrected chi connectivity index (χ2v) is 9.26. The minimum Gasteiger partial charge on any atom is -0.460 e. The van der Waals surface area contributed by atoms with Crippen molar-refractivity contribution in [2.75, 3.05) is 12.8 Å². The van der Waals surface area contributed by atoms with Gasteiger partial charge in [0, 0.05) is 19.1 Å². The zero-order valence-corrected chi connectivity index (χ0v) is 21.4. The summed E-state index contributed by atoms with van der Waals surface area (Å²) >= 11 is 0. The molecule has 6 aromatic rings. The van der Waals surface area contributed by atoms with E-state index in [1.165, 1.54) is 42.7 Å². The van der Waals surface area contributed by atoms with Gasteiger partial charge in [0.2, 0.25) is 5.43 Å². The van der Waals surface area contributed by atoms with Crippen LogP contribution in [0.5, 0.6) is 0 Å². The smallest absolute Gasteiger partial charge is 0.203 e. The number of methoxy groups -OCH3 is 1. The van der Waals surface area contributed by atoms with Gasteiger partial charge in [-0.1, -0.05) is 42.5 Å². The Morgan fingerprint density at radius 3 is 2.55 bits per heavy atom. The van der Waals surface area contributed by atoms with Gasteiger partial charge in [-0.3, -0.25) is 4.79 Å². The normalized spacial score (nSPS) is 11.5. The van der Waals surface area contributed by atoms with Gasteiger partial charge in [0.05, 0.1) is 24.1 Å². The highest BCUT2D eigenvalue weighted by Crippen LogP contribution is 2.32. The molecular formula is C30H23F2N5O3. The van der Waals surface area contributed by atoms with Gasteiger partial charge in [-0.15, -0.1) is 0 Å². The second-order valence-electron chi connectivity index (χ2n) is 9.26. The fourth-order valence-electron chi connectivity index (χ4n) is 4.88. The molecule has 0 aliphatic heterocycles. The Balaban J connectivity index is 1.45. The van der Waals surface area contributed by atoms with Crippen molar-refractivity contribution in [3.8, 4) is 22.4 Å². The lowest BCUT2D eigenvalue weighted by atomic mass is 10.0. The third-order valence-electron chi connectivity index (χ3n) is 6.70. The van der Waals surface area contributed by atoms with E-state index >= 15 is 0 Å². The third kappa shape index (κ3) is 4.48. The van der Waals surface area contributed by atoms with Gasteiger partial charge >= 0.3 is 0 Å². The molecule has 0 fully saturated rings. The summed E-state index contributed by atoms with van der Waals surface area (Å²) < 4.78 is 41.7. The minimum absolute atomic E-state index is 0.0941. The predicted octanol–water partition coefficient (Wildman–Crippen LogP) is 5.52. The number of rotatable bonds is 7. The topological polar surface area (TPSA) is 109 Å². The van der Waals surface area contributed by atoms with Crippen LogP contribution in [0.4, 0.5) is 14.6 Å². The van der Waals surface area contributed by atoms with Crippen LogP contribution in [0.1, 0.15) is 11.3 Å². The van der Waals surface area contributed by atoms with E-state index in [1.807, 2.05) is 24.3 Å². The van der Waals surface area contributed by atoms with Crippen molar-refractivity contribution in [3.63, 3.8) is 0 Å². The van der Waals surface area contributed by atoms with Crippen LogP contribution in [0.15, 0.2) is 82.3 Å². The van der Waals surface area contributed by atoms with Crippen LogP contribution in [0, 0.1) is 11.6 Å². The number of fused-ring (bicyclic) bond motifs is 2. The van der Waals surface area contributed by atoms with Gasteiger partial charge in [0.25, 0.3) is 0 Å². The van der Waals surface area contributed by atoms with Crippen molar-refractivity contribution in [2.24, 2.45) is 0 Å². The molecule has 3 aromatic carbocycles. The van der Waals surface area contributed by atoms with Crippen molar-refractivity contribution >= 4 is 27.8 Å². The van der Waals surface area contributed by atoms with E-state index in [-0.39, 0.29) is 41.1 Å². The number of halogens is 2. The third-order valence-corrected chi connectivity index (χ3v) is 6.70. The van der Waals surface area contributed by atoms with Crippen LogP contribution >= 0.6 is 0 Å². The first kappa shape index (κ1) is 25.3. The Morgan fingerprint density at radius 1 is 0.975 bits per heavy atom. The fourth-order valence-corrected chi connectivity index (χ4v) is 4.88. The maximum Gasteiger partial charge on any atom is 0.203 e. The van der Waals surface area contributed by atoms with Crippen molar-refractivity contribution in [1.29, 1.82) is 0 Å². The van der Waals surface area contributed by atoms with Crippen LogP contribution in [0.3, 0.4) is 0 Å². The summed E-state index contributed by atoms with van der Waals surface area (Å²) in [6.45, 7) is 0.718. The molecule has 0 aliphatic rings. The molecule has 10 heteroatoms. The maximum absolute atomic E-state index is 14.7. The molecule has 0 radical (unpaired) electrons. The quantitative estimate of drug-likeness (QED) is 0.285. The first-order chi connectivity index (χ1) is 19.4. The fraction of sp³-hybridized carbons (Fsp3) is 0.133. The van der Waals surface area contributed by atoms with Gasteiger partial charge < -0.3 is 14.9 Å². The van der Waals surface area contributed by atoms with E-state index in [4.69, 9.17) is 20.0 Å². The molecule has 0 aliphatic carbocycles. The molecule has 40 heavy (non-hydrogen) atoms. The van der Waals surface area contributed by atoms with Gasteiger partial charge in [-0.05, 0) is 35.4 Å². The summed E-state index contributed by atoms with van der Waals surface area (Å²) in [5.74, 6) is -0.685. The molecule has 0 unspecified atom stereocenters. The van der Waals surface area contributed by atoms with Crippen LogP contribution in [-0.4, -0.2) is 26.9 Å². The monoisotopic (exact) mass is 539 g/mol. The first-order valence-electron chi connectivity index (χ1n) is 12.5. The molecule has 0 saturated heterocycles. The molecule has 3 aromatic heterocycles. The van der Waals surface area contributed by atoms with Gasteiger partial charge in [-0.25, -0.2) is 23.4 Å². The lowest BCUT2D eigenvalue weighted by Gasteiger charge is -2.11. The first-order valence-corrected chi connectivity index (χ1v) is 12.5. The lowest BCUT2D eigenvalue weighted by molar-refractivity contribution is 0.185. The van der Waals surface area contributed by atoms with E-state index < -0.39 is 17.1 Å². The highest BCUT2D eigenvalue weighted by Gasteiger charge is 2.21. The summed E-state index contributed by atoms with van der Waals surface area (Å²) in [5, 5.41) is 5.20. The van der Waals surface area contributed by atoms with E-state index in [0.29, 0.717) is 28.9 Å². The number of nitrogen functional groups attached to an aromatic ring is 1. The highest BCUT2D eigenvalue weighted by molar-refractivity contribution is 5.98. The summed E-state index contributed by atoms with van der Waals surface area (Å²) in [4.78, 5) is 22.1. The molecule has 8 nitrogen and oxygen atoms in total. The molecule has 6 rings (SSSR count). The van der Waals surface area contributed by atoms with Gasteiger partial charge in [-0.2, -0.15) is 5.10 Å². The molecule has 0 bridgehead atoms. The second kappa shape index (κ2) is 10.3. The van der Waals surface area contributed by atoms with E-state index in [9.17, 15) is 13.6 Å². The number of hydrogen-bond donors (Lipinski definition) is 1. The Morgan fingerprint density at radius 2 is 1.77 bits per heavy atom. The Bertz CT molecular complexity index is 1930. The standard InChI is InChI=1S/C30H23F2N5O3/c1-39-15-17-8-10-18(11-9-17)27-26-29(33)34-16-35-30(26)37(36-27)13-12-23-24(19-4-2-5-20(31)14-19)28(38)25-21(32)6-3-7-22(25)40-23/h2-11,14,16H,12-13,15H2,1H3,(H2,33,34,35). The van der Waals surface area contributed by atoms with Gasteiger partial charge in [0.1, 0.15) is 46.2 Å². The van der Waals surface area contributed by atoms with Crippen molar-refractivity contribution < 1.29 is 17.9 Å². The maximum atomic E-state index is 14.7. The zero-order chi connectivity index (χ0) is 27.8. The predicted molar refractivity (Wildman–Crippen MR) is 147 cm³/mol. The highest BCUT2D eigenvalue weighted by atomic mass is 19.1. The number of ether oxygens (including phenoxy) is 1. The molecule has 0 saturated carbocycles. The Labute approximate surface area is 226 Å². The summed E-state index contributed by atoms with van der Waals surface area (Å²) in [7, 11) is 1.63. The molecule has 0 amide bonds. The average molecular weight is 540 g/mol. The SMILES string of the molecule is COCc1ccc(-c2nn(CCc3oc4cccc(F)c4c(=O)c3-c3cccc(F)c3)c3ncnc(N)c23)cc1. The van der Waals surface area contributed by atoms with Crippen molar-refractivity contribution in [3.05, 3.63) is 106 Å². The zero-order valence-electron chi connectivity index (χ0n) is 21.4. The molecular weight excluding hydrogens is 516 g/mol.